The van der Waals surface area contributed by atoms with Crippen LogP contribution >= 0.6 is 11.7 Å². The van der Waals surface area contributed by atoms with E-state index in [1.807, 2.05) is 13.0 Å². The van der Waals surface area contributed by atoms with Crippen LogP contribution < -0.4 is 0 Å². The van der Waals surface area contributed by atoms with Gasteiger partial charge in [0.1, 0.15) is 11.0 Å². The molecule has 12 heavy (non-hydrogen) atoms. The molecule has 1 heterocycles. The summed E-state index contributed by atoms with van der Waals surface area (Å²) in [5, 5.41) is 0. The fourth-order valence-corrected chi connectivity index (χ4v) is 1.73. The predicted molar refractivity (Wildman–Crippen MR) is 47.5 cm³/mol. The van der Waals surface area contributed by atoms with Crippen molar-refractivity contribution in [3.05, 3.63) is 23.3 Å². The van der Waals surface area contributed by atoms with Crippen LogP contribution in [0.15, 0.2) is 12.1 Å². The van der Waals surface area contributed by atoms with Crippen molar-refractivity contribution >= 4 is 29.0 Å². The second-order valence-electron chi connectivity index (χ2n) is 2.55. The van der Waals surface area contributed by atoms with Crippen molar-refractivity contribution in [1.82, 2.24) is 8.75 Å². The van der Waals surface area contributed by atoms with Crippen LogP contribution in [0.25, 0.3) is 11.0 Å². The molecule has 0 aliphatic rings. The van der Waals surface area contributed by atoms with Crippen LogP contribution in [0.1, 0.15) is 15.9 Å². The van der Waals surface area contributed by atoms with E-state index in [1.54, 1.807) is 6.07 Å². The first-order valence-corrected chi connectivity index (χ1v) is 4.23. The monoisotopic (exact) mass is 178 g/mol. The lowest BCUT2D eigenvalue weighted by atomic mass is 10.1. The number of carbonyl (C=O) groups excluding carboxylic acids is 1. The van der Waals surface area contributed by atoms with Gasteiger partial charge in [0, 0.05) is 5.56 Å². The number of rotatable bonds is 1. The number of aldehydes is 1. The molecule has 2 aromatic rings. The average molecular weight is 178 g/mol. The highest BCUT2D eigenvalue weighted by Crippen LogP contribution is 2.18. The molecule has 0 saturated carbocycles. The van der Waals surface area contributed by atoms with Gasteiger partial charge in [0.2, 0.25) is 0 Å². The third-order valence-electron chi connectivity index (χ3n) is 1.78. The Hall–Kier alpha value is -1.29. The highest BCUT2D eigenvalue weighted by atomic mass is 32.1. The summed E-state index contributed by atoms with van der Waals surface area (Å²) in [5.41, 5.74) is 3.23. The Morgan fingerprint density at radius 2 is 2.08 bits per heavy atom. The van der Waals surface area contributed by atoms with E-state index in [0.717, 1.165) is 34.6 Å². The number of aryl methyl sites for hydroxylation is 1. The van der Waals surface area contributed by atoms with Crippen LogP contribution in [0.2, 0.25) is 0 Å². The summed E-state index contributed by atoms with van der Waals surface area (Å²) in [5.74, 6) is 0. The Morgan fingerprint density at radius 3 is 2.83 bits per heavy atom. The maximum Gasteiger partial charge on any atom is 0.152 e. The third kappa shape index (κ3) is 0.921. The van der Waals surface area contributed by atoms with E-state index >= 15 is 0 Å². The zero-order valence-electron chi connectivity index (χ0n) is 6.44. The Balaban J connectivity index is 2.91. The van der Waals surface area contributed by atoms with Gasteiger partial charge < -0.3 is 0 Å². The van der Waals surface area contributed by atoms with Crippen molar-refractivity contribution in [2.24, 2.45) is 0 Å². The van der Waals surface area contributed by atoms with Gasteiger partial charge in [-0.3, -0.25) is 4.79 Å². The molecule has 0 saturated heterocycles. The summed E-state index contributed by atoms with van der Waals surface area (Å²) in [4.78, 5) is 10.6. The number of hydrogen-bond donors (Lipinski definition) is 0. The molecule has 0 spiro atoms. The highest BCUT2D eigenvalue weighted by Gasteiger charge is 2.05. The van der Waals surface area contributed by atoms with E-state index in [4.69, 9.17) is 0 Å². The maximum absolute atomic E-state index is 10.6. The third-order valence-corrected chi connectivity index (χ3v) is 2.30. The summed E-state index contributed by atoms with van der Waals surface area (Å²) in [6.45, 7) is 1.96. The fourth-order valence-electron chi connectivity index (χ4n) is 1.10. The smallest absolute Gasteiger partial charge is 0.152 e. The minimum Gasteiger partial charge on any atom is -0.298 e. The molecule has 0 N–H and O–H groups in total. The van der Waals surface area contributed by atoms with Gasteiger partial charge in [0.15, 0.2) is 6.29 Å². The van der Waals surface area contributed by atoms with E-state index in [9.17, 15) is 4.79 Å². The van der Waals surface area contributed by atoms with E-state index in [2.05, 4.69) is 8.75 Å². The first-order valence-electron chi connectivity index (χ1n) is 3.50. The zero-order chi connectivity index (χ0) is 8.55. The van der Waals surface area contributed by atoms with E-state index in [0.29, 0.717) is 5.56 Å². The van der Waals surface area contributed by atoms with E-state index < -0.39 is 0 Å². The van der Waals surface area contributed by atoms with Gasteiger partial charge in [-0.15, -0.1) is 0 Å². The lowest BCUT2D eigenvalue weighted by Gasteiger charge is -1.94. The molecule has 0 aliphatic carbocycles. The van der Waals surface area contributed by atoms with Gasteiger partial charge in [-0.1, -0.05) is 6.07 Å². The molecule has 0 unspecified atom stereocenters. The summed E-state index contributed by atoms with van der Waals surface area (Å²) in [7, 11) is 0. The Bertz CT molecular complexity index is 436. The molecule has 1 aromatic carbocycles. The minimum absolute atomic E-state index is 0.615. The summed E-state index contributed by atoms with van der Waals surface area (Å²) < 4.78 is 8.15. The Kier molecular flexibility index (Phi) is 1.62. The minimum atomic E-state index is 0.615. The summed E-state index contributed by atoms with van der Waals surface area (Å²) >= 11 is 1.14. The van der Waals surface area contributed by atoms with Gasteiger partial charge in [0.05, 0.1) is 11.7 Å². The van der Waals surface area contributed by atoms with Crippen molar-refractivity contribution in [3.63, 3.8) is 0 Å². The molecule has 3 nitrogen and oxygen atoms in total. The molecule has 0 fully saturated rings. The average Bonchev–Trinajstić information content (AvgIpc) is 2.54. The summed E-state index contributed by atoms with van der Waals surface area (Å²) in [6.07, 6.45) is 0.809. The largest absolute Gasteiger partial charge is 0.298 e. The van der Waals surface area contributed by atoms with Gasteiger partial charge in [-0.2, -0.15) is 8.75 Å². The first-order chi connectivity index (χ1) is 5.83. The van der Waals surface area contributed by atoms with Crippen LogP contribution in [-0.4, -0.2) is 15.0 Å². The fraction of sp³-hybridized carbons (Fsp3) is 0.125. The van der Waals surface area contributed by atoms with Crippen molar-refractivity contribution < 1.29 is 4.79 Å². The molecule has 0 amide bonds. The number of carbonyl (C=O) groups is 1. The van der Waals surface area contributed by atoms with Gasteiger partial charge >= 0.3 is 0 Å². The van der Waals surface area contributed by atoms with Crippen LogP contribution in [0, 0.1) is 6.92 Å². The topological polar surface area (TPSA) is 42.9 Å². The molecule has 0 bridgehead atoms. The Labute approximate surface area is 73.4 Å². The normalized spacial score (nSPS) is 10.4. The molecular formula is C8H6N2OS. The molecule has 0 radical (unpaired) electrons. The Morgan fingerprint density at radius 1 is 1.33 bits per heavy atom. The van der Waals surface area contributed by atoms with Crippen molar-refractivity contribution in [2.45, 2.75) is 6.92 Å². The number of hydrogen-bond acceptors (Lipinski definition) is 4. The van der Waals surface area contributed by atoms with Crippen LogP contribution in [0.5, 0.6) is 0 Å². The maximum atomic E-state index is 10.6. The molecule has 0 aliphatic heterocycles. The SMILES string of the molecule is Cc1ccc(C=O)c2nsnc12. The number of fused-ring (bicyclic) bond motifs is 1. The lowest BCUT2D eigenvalue weighted by Crippen LogP contribution is -1.84. The second-order valence-corrected chi connectivity index (χ2v) is 3.08. The van der Waals surface area contributed by atoms with Gasteiger partial charge in [-0.05, 0) is 18.6 Å². The molecule has 60 valence electrons. The predicted octanol–water partition coefficient (Wildman–Crippen LogP) is 1.81. The van der Waals surface area contributed by atoms with E-state index in [1.165, 1.54) is 0 Å². The number of aromatic nitrogens is 2. The van der Waals surface area contributed by atoms with Crippen molar-refractivity contribution in [1.29, 1.82) is 0 Å². The zero-order valence-corrected chi connectivity index (χ0v) is 7.26. The van der Waals surface area contributed by atoms with Gasteiger partial charge in [-0.25, -0.2) is 0 Å². The van der Waals surface area contributed by atoms with Gasteiger partial charge in [0.25, 0.3) is 0 Å². The van der Waals surface area contributed by atoms with Crippen LogP contribution in [0.3, 0.4) is 0 Å². The molecule has 2 rings (SSSR count). The number of benzene rings is 1. The molecule has 1 aromatic heterocycles. The van der Waals surface area contributed by atoms with Crippen LogP contribution in [0.4, 0.5) is 0 Å². The first kappa shape index (κ1) is 7.36. The molecule has 4 heteroatoms. The highest BCUT2D eigenvalue weighted by molar-refractivity contribution is 7.00. The second kappa shape index (κ2) is 2.64. The quantitative estimate of drug-likeness (QED) is 0.625. The van der Waals surface area contributed by atoms with E-state index in [-0.39, 0.29) is 0 Å². The van der Waals surface area contributed by atoms with Crippen molar-refractivity contribution in [2.75, 3.05) is 0 Å². The molecular weight excluding hydrogens is 172 g/mol. The molecule has 0 atom stereocenters. The van der Waals surface area contributed by atoms with Crippen molar-refractivity contribution in [3.8, 4) is 0 Å². The van der Waals surface area contributed by atoms with Crippen LogP contribution in [-0.2, 0) is 0 Å². The standard InChI is InChI=1S/C8H6N2OS/c1-5-2-3-6(4-11)8-7(5)9-12-10-8/h2-4H,1H3. The number of nitrogens with zero attached hydrogens (tertiary/aromatic N) is 2. The lowest BCUT2D eigenvalue weighted by molar-refractivity contribution is 0.112. The summed E-state index contributed by atoms with van der Waals surface area (Å²) in [6, 6.07) is 3.65.